The molecule has 3 aromatic heterocycles. The van der Waals surface area contributed by atoms with Crippen LogP contribution in [0.2, 0.25) is 0 Å². The summed E-state index contributed by atoms with van der Waals surface area (Å²) >= 11 is 0. The number of hydrogen-bond acceptors (Lipinski definition) is 3. The highest BCUT2D eigenvalue weighted by Crippen LogP contribution is 2.36. The maximum absolute atomic E-state index is 5.28. The largest absolute Gasteiger partial charge is 0.296 e. The summed E-state index contributed by atoms with van der Waals surface area (Å²) in [5.41, 5.74) is 12.3. The summed E-state index contributed by atoms with van der Waals surface area (Å²) in [6, 6.07) is 63.3. The van der Waals surface area contributed by atoms with Gasteiger partial charge in [0.1, 0.15) is 17.5 Å². The zero-order valence-corrected chi connectivity index (χ0v) is 28.2. The van der Waals surface area contributed by atoms with Gasteiger partial charge in [0, 0.05) is 34.6 Å². The average molecular weight is 669 g/mol. The number of para-hydroxylation sites is 9. The van der Waals surface area contributed by atoms with Gasteiger partial charge in [-0.15, -0.1) is 0 Å². The van der Waals surface area contributed by atoms with Crippen molar-refractivity contribution >= 4 is 33.1 Å². The number of imidazole rings is 3. The minimum atomic E-state index is 0.599. The van der Waals surface area contributed by atoms with Crippen LogP contribution >= 0.6 is 0 Å². The molecule has 0 bridgehead atoms. The van der Waals surface area contributed by atoms with Gasteiger partial charge in [-0.05, 0) is 96.6 Å². The molecule has 0 radical (unpaired) electrons. The summed E-state index contributed by atoms with van der Waals surface area (Å²) in [7, 11) is 0. The Balaban J connectivity index is 1.24. The third-order valence-electron chi connectivity index (χ3n) is 9.67. The van der Waals surface area contributed by atoms with E-state index in [1.165, 1.54) is 0 Å². The first-order valence-corrected chi connectivity index (χ1v) is 17.5. The SMILES string of the molecule is c1ccc(-n2c(Cc3cc(-c4nc5ccccc5n4-c4ccccc4)cc(-c4nc5ccccc5n4-c4ccccc4)c3)nc3ccccc32)cc1. The normalized spacial score (nSPS) is 11.5. The lowest BCUT2D eigenvalue weighted by Gasteiger charge is -2.15. The van der Waals surface area contributed by atoms with Crippen LogP contribution in [0.1, 0.15) is 11.4 Å². The molecule has 0 aliphatic rings. The first kappa shape index (κ1) is 29.8. The third-order valence-corrected chi connectivity index (χ3v) is 9.67. The van der Waals surface area contributed by atoms with E-state index >= 15 is 0 Å². The summed E-state index contributed by atoms with van der Waals surface area (Å²) in [4.78, 5) is 15.8. The van der Waals surface area contributed by atoms with Crippen molar-refractivity contribution in [1.29, 1.82) is 0 Å². The average Bonchev–Trinajstić information content (AvgIpc) is 3.90. The molecule has 0 N–H and O–H groups in total. The van der Waals surface area contributed by atoms with Crippen LogP contribution in [0.4, 0.5) is 0 Å². The van der Waals surface area contributed by atoms with Gasteiger partial charge in [-0.2, -0.15) is 0 Å². The second-order valence-corrected chi connectivity index (χ2v) is 13.0. The second-order valence-electron chi connectivity index (χ2n) is 13.0. The van der Waals surface area contributed by atoms with Gasteiger partial charge < -0.3 is 0 Å². The second kappa shape index (κ2) is 12.4. The Morgan fingerprint density at radius 2 is 0.712 bits per heavy atom. The summed E-state index contributed by atoms with van der Waals surface area (Å²) < 4.78 is 6.80. The molecule has 246 valence electrons. The van der Waals surface area contributed by atoms with Crippen molar-refractivity contribution in [3.8, 4) is 39.8 Å². The van der Waals surface area contributed by atoms with Crippen LogP contribution in [-0.4, -0.2) is 28.7 Å². The van der Waals surface area contributed by atoms with Gasteiger partial charge in [0.25, 0.3) is 0 Å². The van der Waals surface area contributed by atoms with Crippen molar-refractivity contribution in [1.82, 2.24) is 28.7 Å². The number of aromatic nitrogens is 6. The standard InChI is InChI=1S/C46H32N6/c1-4-16-35(17-5-1)50-41-25-13-10-22-38(41)47-44(50)30-32-28-33(45-48-39-23-11-14-26-42(39)51(45)36-18-6-2-7-19-36)31-34(29-32)46-49-40-24-12-15-27-43(40)52(46)37-20-8-3-9-21-37/h1-29,31H,30H2. The molecule has 0 amide bonds. The lowest BCUT2D eigenvalue weighted by atomic mass is 10.0. The molecule has 0 saturated carbocycles. The molecule has 7 aromatic carbocycles. The fourth-order valence-electron chi connectivity index (χ4n) is 7.41. The zero-order chi connectivity index (χ0) is 34.4. The van der Waals surface area contributed by atoms with Crippen LogP contribution in [0.25, 0.3) is 72.9 Å². The van der Waals surface area contributed by atoms with E-state index in [4.69, 9.17) is 15.0 Å². The van der Waals surface area contributed by atoms with E-state index in [1.807, 2.05) is 24.3 Å². The fraction of sp³-hybridized carbons (Fsp3) is 0.0217. The van der Waals surface area contributed by atoms with Gasteiger partial charge in [0.15, 0.2) is 0 Å². The van der Waals surface area contributed by atoms with Gasteiger partial charge in [-0.3, -0.25) is 13.7 Å². The van der Waals surface area contributed by atoms with Gasteiger partial charge in [-0.1, -0.05) is 91.0 Å². The van der Waals surface area contributed by atoms with E-state index in [9.17, 15) is 0 Å². The van der Waals surface area contributed by atoms with Gasteiger partial charge in [0.05, 0.1) is 33.1 Å². The van der Waals surface area contributed by atoms with E-state index in [2.05, 4.69) is 171 Å². The Hall–Kier alpha value is -7.05. The molecule has 0 spiro atoms. The van der Waals surface area contributed by atoms with Gasteiger partial charge >= 0.3 is 0 Å². The van der Waals surface area contributed by atoms with E-state index in [0.717, 1.165) is 84.3 Å². The Bertz CT molecular complexity index is 2730. The molecule has 6 heteroatoms. The molecule has 0 aliphatic heterocycles. The molecule has 0 atom stereocenters. The molecule has 10 aromatic rings. The van der Waals surface area contributed by atoms with Crippen molar-refractivity contribution < 1.29 is 0 Å². The highest BCUT2D eigenvalue weighted by Gasteiger charge is 2.21. The number of hydrogen-bond donors (Lipinski definition) is 0. The molecule has 3 heterocycles. The lowest BCUT2D eigenvalue weighted by Crippen LogP contribution is -2.04. The van der Waals surface area contributed by atoms with E-state index in [-0.39, 0.29) is 0 Å². The highest BCUT2D eigenvalue weighted by atomic mass is 15.1. The van der Waals surface area contributed by atoms with Crippen LogP contribution in [0, 0.1) is 0 Å². The van der Waals surface area contributed by atoms with Crippen molar-refractivity contribution in [2.24, 2.45) is 0 Å². The third kappa shape index (κ3) is 5.08. The predicted molar refractivity (Wildman–Crippen MR) is 210 cm³/mol. The summed E-state index contributed by atoms with van der Waals surface area (Å²) in [6.45, 7) is 0. The number of benzene rings is 7. The van der Waals surface area contributed by atoms with Crippen LogP contribution in [0.15, 0.2) is 182 Å². The lowest BCUT2D eigenvalue weighted by molar-refractivity contribution is 0.932. The number of rotatable bonds is 7. The first-order valence-electron chi connectivity index (χ1n) is 17.5. The molecule has 10 rings (SSSR count). The minimum absolute atomic E-state index is 0.599. The van der Waals surface area contributed by atoms with Gasteiger partial charge in [-0.25, -0.2) is 15.0 Å². The Morgan fingerprint density at radius 1 is 0.346 bits per heavy atom. The van der Waals surface area contributed by atoms with E-state index < -0.39 is 0 Å². The van der Waals surface area contributed by atoms with Crippen molar-refractivity contribution in [3.05, 3.63) is 193 Å². The summed E-state index contributed by atoms with van der Waals surface area (Å²) in [6.07, 6.45) is 0.599. The molecule has 0 fully saturated rings. The molecular formula is C46H32N6. The predicted octanol–water partition coefficient (Wildman–Crippen LogP) is 10.6. The number of fused-ring (bicyclic) bond motifs is 3. The molecule has 6 nitrogen and oxygen atoms in total. The molecule has 0 saturated heterocycles. The maximum Gasteiger partial charge on any atom is 0.145 e. The Labute approximate surface area is 300 Å². The maximum atomic E-state index is 5.28. The van der Waals surface area contributed by atoms with Crippen LogP contribution < -0.4 is 0 Å². The Kier molecular flexibility index (Phi) is 7.10. The van der Waals surface area contributed by atoms with Crippen molar-refractivity contribution in [3.63, 3.8) is 0 Å². The van der Waals surface area contributed by atoms with E-state index in [0.29, 0.717) is 6.42 Å². The van der Waals surface area contributed by atoms with Crippen molar-refractivity contribution in [2.45, 2.75) is 6.42 Å². The van der Waals surface area contributed by atoms with Crippen LogP contribution in [0.3, 0.4) is 0 Å². The molecule has 52 heavy (non-hydrogen) atoms. The first-order chi connectivity index (χ1) is 25.8. The molecule has 0 aliphatic carbocycles. The van der Waals surface area contributed by atoms with Crippen molar-refractivity contribution in [2.75, 3.05) is 0 Å². The summed E-state index contributed by atoms with van der Waals surface area (Å²) in [5.74, 6) is 2.70. The monoisotopic (exact) mass is 668 g/mol. The smallest absolute Gasteiger partial charge is 0.145 e. The minimum Gasteiger partial charge on any atom is -0.296 e. The van der Waals surface area contributed by atoms with Crippen LogP contribution in [0.5, 0.6) is 0 Å². The number of nitrogens with zero attached hydrogens (tertiary/aromatic N) is 6. The topological polar surface area (TPSA) is 53.5 Å². The zero-order valence-electron chi connectivity index (χ0n) is 28.2. The molecular weight excluding hydrogens is 637 g/mol. The quantitative estimate of drug-likeness (QED) is 0.170. The van der Waals surface area contributed by atoms with Crippen LogP contribution in [-0.2, 0) is 6.42 Å². The molecule has 0 unspecified atom stereocenters. The fourth-order valence-corrected chi connectivity index (χ4v) is 7.41. The summed E-state index contributed by atoms with van der Waals surface area (Å²) in [5, 5.41) is 0. The Morgan fingerprint density at radius 3 is 1.17 bits per heavy atom. The highest BCUT2D eigenvalue weighted by molar-refractivity contribution is 5.87. The van der Waals surface area contributed by atoms with E-state index in [1.54, 1.807) is 0 Å². The van der Waals surface area contributed by atoms with Gasteiger partial charge in [0.2, 0.25) is 0 Å².